The number of thiazole rings is 1. The van der Waals surface area contributed by atoms with E-state index in [0.29, 0.717) is 19.5 Å². The van der Waals surface area contributed by atoms with E-state index in [0.717, 1.165) is 18.1 Å². The van der Waals surface area contributed by atoms with Crippen molar-refractivity contribution < 1.29 is 8.42 Å². The van der Waals surface area contributed by atoms with Crippen molar-refractivity contribution in [1.29, 1.82) is 0 Å². The van der Waals surface area contributed by atoms with E-state index in [1.807, 2.05) is 13.1 Å². The maximum absolute atomic E-state index is 12.0. The van der Waals surface area contributed by atoms with Gasteiger partial charge in [-0.2, -0.15) is 0 Å². The van der Waals surface area contributed by atoms with Crippen LogP contribution in [-0.4, -0.2) is 43.2 Å². The molecule has 2 rings (SSSR count). The molecule has 120 valence electrons. The molecule has 1 fully saturated rings. The van der Waals surface area contributed by atoms with Crippen molar-refractivity contribution in [3.63, 3.8) is 0 Å². The molecule has 0 bridgehead atoms. The third-order valence-electron chi connectivity index (χ3n) is 3.59. The van der Waals surface area contributed by atoms with Crippen LogP contribution in [0.4, 0.5) is 0 Å². The van der Waals surface area contributed by atoms with Crippen molar-refractivity contribution in [2.75, 3.05) is 19.6 Å². The predicted octanol–water partition coefficient (Wildman–Crippen LogP) is 1.95. The Kier molecular flexibility index (Phi) is 5.07. The Morgan fingerprint density at radius 3 is 2.76 bits per heavy atom. The topological polar surface area (TPSA) is 62.3 Å². The molecule has 1 aliphatic heterocycles. The minimum Gasteiger partial charge on any atom is -0.297 e. The van der Waals surface area contributed by atoms with Gasteiger partial charge in [0, 0.05) is 36.1 Å². The molecule has 1 atom stereocenters. The van der Waals surface area contributed by atoms with Crippen molar-refractivity contribution in [2.45, 2.75) is 51.3 Å². The summed E-state index contributed by atoms with van der Waals surface area (Å²) >= 11 is 1.73. The van der Waals surface area contributed by atoms with Crippen molar-refractivity contribution >= 4 is 21.4 Å². The molecule has 0 aromatic carbocycles. The maximum Gasteiger partial charge on any atom is 0.215 e. The predicted molar refractivity (Wildman–Crippen MR) is 87.1 cm³/mol. The summed E-state index contributed by atoms with van der Waals surface area (Å²) in [6.45, 7) is 11.0. The fourth-order valence-electron chi connectivity index (χ4n) is 2.46. The monoisotopic (exact) mass is 331 g/mol. The van der Waals surface area contributed by atoms with E-state index in [1.54, 1.807) is 11.3 Å². The highest BCUT2D eigenvalue weighted by molar-refractivity contribution is 7.90. The molecule has 1 saturated heterocycles. The number of sulfonamides is 1. The number of hydrogen-bond acceptors (Lipinski definition) is 5. The molecule has 0 spiro atoms. The van der Waals surface area contributed by atoms with Crippen LogP contribution >= 0.6 is 11.3 Å². The van der Waals surface area contributed by atoms with E-state index in [9.17, 15) is 8.42 Å². The Labute approximate surface area is 131 Å². The van der Waals surface area contributed by atoms with Gasteiger partial charge in [-0.25, -0.2) is 18.1 Å². The molecule has 2 heterocycles. The highest BCUT2D eigenvalue weighted by atomic mass is 32.2. The maximum atomic E-state index is 12.0. The summed E-state index contributed by atoms with van der Waals surface area (Å²) in [6.07, 6.45) is 2.64. The zero-order chi connectivity index (χ0) is 15.7. The molecular weight excluding hydrogens is 306 g/mol. The van der Waals surface area contributed by atoms with Gasteiger partial charge in [0.15, 0.2) is 0 Å². The quantitative estimate of drug-likeness (QED) is 0.896. The lowest BCUT2D eigenvalue weighted by Gasteiger charge is -2.16. The van der Waals surface area contributed by atoms with E-state index >= 15 is 0 Å². The Hall–Kier alpha value is -0.500. The first-order chi connectivity index (χ1) is 9.72. The van der Waals surface area contributed by atoms with Crippen LogP contribution < -0.4 is 4.72 Å². The number of hydrogen-bond donors (Lipinski definition) is 1. The molecule has 5 nitrogen and oxygen atoms in total. The lowest BCUT2D eigenvalue weighted by molar-refractivity contribution is 0.334. The third-order valence-corrected chi connectivity index (χ3v) is 6.95. The average Bonchev–Trinajstić information content (AvgIpc) is 2.98. The van der Waals surface area contributed by atoms with Gasteiger partial charge in [0.1, 0.15) is 0 Å². The molecule has 0 aliphatic carbocycles. The summed E-state index contributed by atoms with van der Waals surface area (Å²) in [5.41, 5.74) is 0.0743. The number of rotatable bonds is 5. The van der Waals surface area contributed by atoms with Gasteiger partial charge in [-0.05, 0) is 13.0 Å². The Bertz CT molecular complexity index is 575. The summed E-state index contributed by atoms with van der Waals surface area (Å²) in [7, 11) is -3.16. The number of likely N-dealkylation sites (tertiary alicyclic amines) is 1. The fourth-order valence-corrected chi connectivity index (χ4v) is 4.93. The number of aromatic nitrogens is 1. The van der Waals surface area contributed by atoms with Crippen molar-refractivity contribution in [3.05, 3.63) is 16.1 Å². The fraction of sp³-hybridized carbons (Fsp3) is 0.786. The van der Waals surface area contributed by atoms with Crippen molar-refractivity contribution in [1.82, 2.24) is 14.6 Å². The first-order valence-corrected chi connectivity index (χ1v) is 9.74. The highest BCUT2D eigenvalue weighted by Crippen LogP contribution is 2.28. The van der Waals surface area contributed by atoms with Gasteiger partial charge in [-0.15, -0.1) is 11.3 Å². The first-order valence-electron chi connectivity index (χ1n) is 7.38. The Morgan fingerprint density at radius 2 is 2.19 bits per heavy atom. The standard InChI is InChI=1S/C14H25N3O2S2/c1-5-16-21(18,19)12-6-7-17(10-12)9-11-8-15-13(20-11)14(2,3)4/h8,12,16H,5-7,9-10H2,1-4H3/t12-/m0/s1. The molecule has 1 aliphatic rings. The van der Waals surface area contributed by atoms with Gasteiger partial charge < -0.3 is 0 Å². The molecule has 0 radical (unpaired) electrons. The van der Waals surface area contributed by atoms with Crippen molar-refractivity contribution in [3.8, 4) is 0 Å². The van der Waals surface area contributed by atoms with Gasteiger partial charge in [-0.1, -0.05) is 27.7 Å². The zero-order valence-electron chi connectivity index (χ0n) is 13.2. The van der Waals surface area contributed by atoms with Crippen LogP contribution in [-0.2, 0) is 22.0 Å². The molecule has 0 unspecified atom stereocenters. The molecule has 1 aromatic heterocycles. The van der Waals surface area contributed by atoms with Gasteiger partial charge in [-0.3, -0.25) is 4.90 Å². The molecule has 1 aromatic rings. The van der Waals surface area contributed by atoms with Crippen LogP contribution in [0.5, 0.6) is 0 Å². The van der Waals surface area contributed by atoms with Gasteiger partial charge in [0.05, 0.1) is 10.3 Å². The van der Waals surface area contributed by atoms with Crippen LogP contribution in [0.1, 0.15) is 44.0 Å². The second-order valence-corrected chi connectivity index (χ2v) is 9.73. The highest BCUT2D eigenvalue weighted by Gasteiger charge is 2.32. The number of nitrogens with one attached hydrogen (secondary N) is 1. The van der Waals surface area contributed by atoms with Crippen LogP contribution in [0, 0.1) is 0 Å². The van der Waals surface area contributed by atoms with E-state index in [1.165, 1.54) is 4.88 Å². The summed E-state index contributed by atoms with van der Waals surface area (Å²) in [4.78, 5) is 7.91. The summed E-state index contributed by atoms with van der Waals surface area (Å²) in [5, 5.41) is 0.848. The van der Waals surface area contributed by atoms with Crippen LogP contribution in [0.25, 0.3) is 0 Å². The molecule has 0 saturated carbocycles. The second-order valence-electron chi connectivity index (χ2n) is 6.57. The molecule has 0 amide bonds. The van der Waals surface area contributed by atoms with Crippen LogP contribution in [0.2, 0.25) is 0 Å². The third kappa shape index (κ3) is 4.25. The van der Waals surface area contributed by atoms with Gasteiger partial charge in [0.25, 0.3) is 0 Å². The first kappa shape index (κ1) is 16.9. The minimum atomic E-state index is -3.16. The smallest absolute Gasteiger partial charge is 0.215 e. The van der Waals surface area contributed by atoms with Gasteiger partial charge >= 0.3 is 0 Å². The molecule has 1 N–H and O–H groups in total. The summed E-state index contributed by atoms with van der Waals surface area (Å²) < 4.78 is 26.6. The van der Waals surface area contributed by atoms with Gasteiger partial charge in [0.2, 0.25) is 10.0 Å². The lowest BCUT2D eigenvalue weighted by Crippen LogP contribution is -2.36. The Balaban J connectivity index is 1.96. The summed E-state index contributed by atoms with van der Waals surface area (Å²) in [5.74, 6) is 0. The van der Waals surface area contributed by atoms with Crippen LogP contribution in [0.15, 0.2) is 6.20 Å². The molecular formula is C14H25N3O2S2. The normalized spacial score (nSPS) is 21.0. The largest absolute Gasteiger partial charge is 0.297 e. The summed E-state index contributed by atoms with van der Waals surface area (Å²) in [6, 6.07) is 0. The minimum absolute atomic E-state index is 0.0743. The van der Waals surface area contributed by atoms with E-state index in [4.69, 9.17) is 0 Å². The Morgan fingerprint density at radius 1 is 1.48 bits per heavy atom. The van der Waals surface area contributed by atoms with Crippen LogP contribution in [0.3, 0.4) is 0 Å². The molecule has 21 heavy (non-hydrogen) atoms. The lowest BCUT2D eigenvalue weighted by atomic mass is 9.98. The zero-order valence-corrected chi connectivity index (χ0v) is 14.9. The second kappa shape index (κ2) is 6.32. The number of nitrogens with zero attached hydrogens (tertiary/aromatic N) is 2. The van der Waals surface area contributed by atoms with E-state index < -0.39 is 10.0 Å². The van der Waals surface area contributed by atoms with E-state index in [2.05, 4.69) is 35.4 Å². The van der Waals surface area contributed by atoms with E-state index in [-0.39, 0.29) is 10.7 Å². The molecule has 7 heteroatoms. The SMILES string of the molecule is CCNS(=O)(=O)[C@H]1CCN(Cc2cnc(C(C)(C)C)s2)C1. The van der Waals surface area contributed by atoms with Crippen molar-refractivity contribution in [2.24, 2.45) is 0 Å². The average molecular weight is 332 g/mol.